The molecule has 0 aliphatic carbocycles. The molecule has 3 nitrogen and oxygen atoms in total. The number of nitrogens with one attached hydrogen (secondary N) is 1. The van der Waals surface area contributed by atoms with Crippen LogP contribution in [0, 0.1) is 0 Å². The van der Waals surface area contributed by atoms with Crippen LogP contribution in [-0.2, 0) is 11.3 Å². The van der Waals surface area contributed by atoms with Crippen molar-refractivity contribution in [3.63, 3.8) is 0 Å². The summed E-state index contributed by atoms with van der Waals surface area (Å²) in [7, 11) is 0. The summed E-state index contributed by atoms with van der Waals surface area (Å²) in [6.45, 7) is 4.10. The number of hydrogen-bond donors (Lipinski definition) is 1. The minimum atomic E-state index is 0.192. The minimum Gasteiger partial charge on any atom is -0.336 e. The van der Waals surface area contributed by atoms with Crippen LogP contribution in [0.1, 0.15) is 12.5 Å². The molecule has 1 fully saturated rings. The molecule has 2 rings (SSSR count). The molecule has 1 aromatic rings. The summed E-state index contributed by atoms with van der Waals surface area (Å²) in [6.07, 6.45) is 0. The van der Waals surface area contributed by atoms with Crippen molar-refractivity contribution in [2.24, 2.45) is 0 Å². The molecule has 0 bridgehead atoms. The lowest BCUT2D eigenvalue weighted by Gasteiger charge is -2.31. The molecule has 1 aliphatic rings. The lowest BCUT2D eigenvalue weighted by molar-refractivity contribution is -0.133. The molecule has 1 aliphatic heterocycles. The lowest BCUT2D eigenvalue weighted by atomic mass is 10.1. The normalized spacial score (nSPS) is 21.8. The highest BCUT2D eigenvalue weighted by molar-refractivity contribution is 5.79. The Hall–Kier alpha value is -1.35. The molecule has 0 unspecified atom stereocenters. The first-order chi connectivity index (χ1) is 7.25. The van der Waals surface area contributed by atoms with Gasteiger partial charge < -0.3 is 10.2 Å². The van der Waals surface area contributed by atoms with Crippen LogP contribution in [0.25, 0.3) is 0 Å². The van der Waals surface area contributed by atoms with Gasteiger partial charge in [0.15, 0.2) is 0 Å². The highest BCUT2D eigenvalue weighted by Crippen LogP contribution is 2.07. The van der Waals surface area contributed by atoms with Gasteiger partial charge in [-0.05, 0) is 12.5 Å². The second kappa shape index (κ2) is 4.45. The topological polar surface area (TPSA) is 32.3 Å². The van der Waals surface area contributed by atoms with Crippen LogP contribution < -0.4 is 5.32 Å². The zero-order chi connectivity index (χ0) is 10.7. The van der Waals surface area contributed by atoms with Crippen LogP contribution >= 0.6 is 0 Å². The molecule has 3 heteroatoms. The number of nitrogens with zero attached hydrogens (tertiary/aromatic N) is 1. The number of amides is 1. The Labute approximate surface area is 90.1 Å². The number of carbonyl (C=O) groups excluding carboxylic acids is 1. The molecule has 1 N–H and O–H groups in total. The van der Waals surface area contributed by atoms with Crippen molar-refractivity contribution in [2.75, 3.05) is 13.1 Å². The summed E-state index contributed by atoms with van der Waals surface area (Å²) in [5.74, 6) is 0.192. The summed E-state index contributed by atoms with van der Waals surface area (Å²) in [5, 5.41) is 3.16. The maximum atomic E-state index is 11.6. The van der Waals surface area contributed by atoms with E-state index in [0.717, 1.165) is 13.1 Å². The van der Waals surface area contributed by atoms with E-state index < -0.39 is 0 Å². The van der Waals surface area contributed by atoms with Crippen molar-refractivity contribution in [3.8, 4) is 0 Å². The maximum absolute atomic E-state index is 11.6. The third kappa shape index (κ3) is 2.57. The Balaban J connectivity index is 2.01. The van der Waals surface area contributed by atoms with Gasteiger partial charge in [-0.15, -0.1) is 0 Å². The summed E-state index contributed by atoms with van der Waals surface area (Å²) < 4.78 is 0. The quantitative estimate of drug-likeness (QED) is 0.779. The average molecular weight is 204 g/mol. The van der Waals surface area contributed by atoms with E-state index in [-0.39, 0.29) is 5.91 Å². The van der Waals surface area contributed by atoms with E-state index in [0.29, 0.717) is 12.6 Å². The Kier molecular flexibility index (Phi) is 3.02. The van der Waals surface area contributed by atoms with Crippen LogP contribution in [0.3, 0.4) is 0 Å². The van der Waals surface area contributed by atoms with Crippen molar-refractivity contribution in [3.05, 3.63) is 35.9 Å². The van der Waals surface area contributed by atoms with Crippen LogP contribution in [-0.4, -0.2) is 29.9 Å². The van der Waals surface area contributed by atoms with Gasteiger partial charge in [0.05, 0.1) is 6.54 Å². The van der Waals surface area contributed by atoms with Gasteiger partial charge in [0.25, 0.3) is 0 Å². The molecule has 80 valence electrons. The fourth-order valence-corrected chi connectivity index (χ4v) is 1.83. The Morgan fingerprint density at radius 3 is 2.87 bits per heavy atom. The molecule has 0 aromatic heterocycles. The van der Waals surface area contributed by atoms with E-state index in [9.17, 15) is 4.79 Å². The predicted molar refractivity (Wildman–Crippen MR) is 59.3 cm³/mol. The van der Waals surface area contributed by atoms with Crippen molar-refractivity contribution in [2.45, 2.75) is 19.5 Å². The highest BCUT2D eigenvalue weighted by atomic mass is 16.2. The zero-order valence-electron chi connectivity index (χ0n) is 8.94. The number of benzene rings is 1. The second-order valence-electron chi connectivity index (χ2n) is 4.04. The van der Waals surface area contributed by atoms with Gasteiger partial charge >= 0.3 is 0 Å². The third-order valence-corrected chi connectivity index (χ3v) is 2.66. The smallest absolute Gasteiger partial charge is 0.236 e. The Morgan fingerprint density at radius 1 is 1.40 bits per heavy atom. The number of hydrogen-bond acceptors (Lipinski definition) is 2. The van der Waals surface area contributed by atoms with Crippen LogP contribution in [0.15, 0.2) is 30.3 Å². The number of rotatable bonds is 2. The highest BCUT2D eigenvalue weighted by Gasteiger charge is 2.21. The monoisotopic (exact) mass is 204 g/mol. The van der Waals surface area contributed by atoms with E-state index in [2.05, 4.69) is 24.4 Å². The van der Waals surface area contributed by atoms with Crippen LogP contribution in [0.5, 0.6) is 0 Å². The van der Waals surface area contributed by atoms with Gasteiger partial charge in [0, 0.05) is 19.1 Å². The van der Waals surface area contributed by atoms with E-state index in [1.807, 2.05) is 23.1 Å². The minimum absolute atomic E-state index is 0.192. The van der Waals surface area contributed by atoms with E-state index >= 15 is 0 Å². The van der Waals surface area contributed by atoms with Crippen LogP contribution in [0.4, 0.5) is 0 Å². The number of piperazine rings is 1. The Bertz CT molecular complexity index is 337. The van der Waals surface area contributed by atoms with Crippen molar-refractivity contribution in [1.82, 2.24) is 10.2 Å². The molecule has 0 saturated carbocycles. The Morgan fingerprint density at radius 2 is 2.13 bits per heavy atom. The molecular weight excluding hydrogens is 188 g/mol. The maximum Gasteiger partial charge on any atom is 0.236 e. The zero-order valence-corrected chi connectivity index (χ0v) is 8.94. The van der Waals surface area contributed by atoms with Crippen LogP contribution in [0.2, 0.25) is 0 Å². The average Bonchev–Trinajstić information content (AvgIpc) is 2.25. The molecule has 1 aromatic carbocycles. The first-order valence-corrected chi connectivity index (χ1v) is 5.31. The van der Waals surface area contributed by atoms with Gasteiger partial charge in [-0.3, -0.25) is 4.79 Å². The molecular formula is C12H16N2O. The van der Waals surface area contributed by atoms with Gasteiger partial charge in [-0.25, -0.2) is 0 Å². The summed E-state index contributed by atoms with van der Waals surface area (Å²) in [5.41, 5.74) is 1.19. The lowest BCUT2D eigenvalue weighted by Crippen LogP contribution is -2.52. The largest absolute Gasteiger partial charge is 0.336 e. The first-order valence-electron chi connectivity index (χ1n) is 5.31. The predicted octanol–water partition coefficient (Wildman–Crippen LogP) is 1.01. The SMILES string of the molecule is C[C@@H]1CN(Cc2ccccc2)C(=O)CN1. The van der Waals surface area contributed by atoms with E-state index in [4.69, 9.17) is 0 Å². The molecule has 1 saturated heterocycles. The van der Waals surface area contributed by atoms with E-state index in [1.165, 1.54) is 5.56 Å². The number of carbonyl (C=O) groups is 1. The van der Waals surface area contributed by atoms with Crippen molar-refractivity contribution >= 4 is 5.91 Å². The molecule has 0 radical (unpaired) electrons. The molecule has 1 atom stereocenters. The van der Waals surface area contributed by atoms with Gasteiger partial charge in [-0.2, -0.15) is 0 Å². The fourth-order valence-electron chi connectivity index (χ4n) is 1.83. The van der Waals surface area contributed by atoms with Gasteiger partial charge in [0.2, 0.25) is 5.91 Å². The van der Waals surface area contributed by atoms with Crippen molar-refractivity contribution < 1.29 is 4.79 Å². The van der Waals surface area contributed by atoms with E-state index in [1.54, 1.807) is 0 Å². The summed E-state index contributed by atoms with van der Waals surface area (Å²) in [4.78, 5) is 13.5. The molecule has 15 heavy (non-hydrogen) atoms. The molecule has 1 amide bonds. The second-order valence-corrected chi connectivity index (χ2v) is 4.04. The van der Waals surface area contributed by atoms with Gasteiger partial charge in [0.1, 0.15) is 0 Å². The van der Waals surface area contributed by atoms with Gasteiger partial charge in [-0.1, -0.05) is 30.3 Å². The summed E-state index contributed by atoms with van der Waals surface area (Å²) >= 11 is 0. The molecule has 1 heterocycles. The first kappa shape index (κ1) is 10.2. The van der Waals surface area contributed by atoms with Crippen molar-refractivity contribution in [1.29, 1.82) is 0 Å². The molecule has 0 spiro atoms. The summed E-state index contributed by atoms with van der Waals surface area (Å²) in [6, 6.07) is 10.5. The fraction of sp³-hybridized carbons (Fsp3) is 0.417. The standard InChI is InChI=1S/C12H16N2O/c1-10-8-14(12(15)7-13-10)9-11-5-3-2-4-6-11/h2-6,10,13H,7-9H2,1H3/t10-/m1/s1. The third-order valence-electron chi connectivity index (χ3n) is 2.66.